The number of halogens is 2. The molecule has 1 amide bonds. The van der Waals surface area contributed by atoms with Gasteiger partial charge in [-0.3, -0.25) is 4.79 Å². The average molecular weight is 370 g/mol. The van der Waals surface area contributed by atoms with Crippen molar-refractivity contribution in [3.63, 3.8) is 0 Å². The van der Waals surface area contributed by atoms with Crippen LogP contribution in [0.25, 0.3) is 0 Å². The standard InChI is InChI=1S/C17H17Cl2NO4/c1-9(13-5-4-12(18)8-15(13)19)20-16(21)11(3)24-17(22)14-6-7-23-10(14)2/h4-9,11H,1-3H3,(H,20,21)/t9-,11-/m0/s1. The molecule has 0 aliphatic heterocycles. The molecular weight excluding hydrogens is 353 g/mol. The summed E-state index contributed by atoms with van der Waals surface area (Å²) in [5.74, 6) is -0.599. The summed E-state index contributed by atoms with van der Waals surface area (Å²) >= 11 is 12.0. The van der Waals surface area contributed by atoms with Gasteiger partial charge in [0.05, 0.1) is 12.3 Å². The third-order valence-electron chi connectivity index (χ3n) is 3.52. The van der Waals surface area contributed by atoms with Crippen LogP contribution in [0, 0.1) is 6.92 Å². The monoisotopic (exact) mass is 369 g/mol. The van der Waals surface area contributed by atoms with Crippen molar-refractivity contribution in [1.29, 1.82) is 0 Å². The molecule has 0 saturated carbocycles. The Morgan fingerprint density at radius 1 is 1.21 bits per heavy atom. The van der Waals surface area contributed by atoms with Gasteiger partial charge < -0.3 is 14.5 Å². The molecular formula is C17H17Cl2NO4. The number of carbonyl (C=O) groups excluding carboxylic acids is 2. The van der Waals surface area contributed by atoms with Gasteiger partial charge in [0.25, 0.3) is 5.91 Å². The predicted octanol–water partition coefficient (Wildman–Crippen LogP) is 4.32. The molecule has 0 unspecified atom stereocenters. The van der Waals surface area contributed by atoms with Gasteiger partial charge in [0.2, 0.25) is 0 Å². The van der Waals surface area contributed by atoms with Crippen molar-refractivity contribution >= 4 is 35.1 Å². The van der Waals surface area contributed by atoms with E-state index in [1.165, 1.54) is 19.3 Å². The molecule has 2 rings (SSSR count). The average Bonchev–Trinajstić information content (AvgIpc) is 2.93. The van der Waals surface area contributed by atoms with Gasteiger partial charge >= 0.3 is 5.97 Å². The number of ether oxygens (including phenoxy) is 1. The Morgan fingerprint density at radius 3 is 2.50 bits per heavy atom. The maximum absolute atomic E-state index is 12.2. The zero-order valence-electron chi connectivity index (χ0n) is 13.4. The summed E-state index contributed by atoms with van der Waals surface area (Å²) in [7, 11) is 0. The first-order valence-corrected chi connectivity index (χ1v) is 8.05. The molecule has 0 saturated heterocycles. The molecule has 2 atom stereocenters. The maximum atomic E-state index is 12.2. The van der Waals surface area contributed by atoms with Gasteiger partial charge in [0.15, 0.2) is 6.10 Å². The van der Waals surface area contributed by atoms with E-state index in [-0.39, 0.29) is 6.04 Å². The normalized spacial score (nSPS) is 13.2. The van der Waals surface area contributed by atoms with Gasteiger partial charge in [-0.1, -0.05) is 29.3 Å². The number of rotatable bonds is 5. The SMILES string of the molecule is Cc1occc1C(=O)O[C@@H](C)C(=O)N[C@@H](C)c1ccc(Cl)cc1Cl. The fraction of sp³-hybridized carbons (Fsp3) is 0.294. The highest BCUT2D eigenvalue weighted by Gasteiger charge is 2.23. The molecule has 1 N–H and O–H groups in total. The van der Waals surface area contributed by atoms with Crippen LogP contribution < -0.4 is 5.32 Å². The van der Waals surface area contributed by atoms with E-state index in [1.54, 1.807) is 32.0 Å². The van der Waals surface area contributed by atoms with Crippen molar-refractivity contribution < 1.29 is 18.7 Å². The molecule has 0 radical (unpaired) electrons. The first kappa shape index (κ1) is 18.4. The highest BCUT2D eigenvalue weighted by molar-refractivity contribution is 6.35. The molecule has 128 valence electrons. The fourth-order valence-corrected chi connectivity index (χ4v) is 2.71. The first-order chi connectivity index (χ1) is 11.3. The van der Waals surface area contributed by atoms with Crippen molar-refractivity contribution in [2.75, 3.05) is 0 Å². The zero-order chi connectivity index (χ0) is 17.9. The third-order valence-corrected chi connectivity index (χ3v) is 4.08. The van der Waals surface area contributed by atoms with E-state index < -0.39 is 18.0 Å². The van der Waals surface area contributed by atoms with Crippen molar-refractivity contribution in [2.24, 2.45) is 0 Å². The molecule has 2 aromatic rings. The summed E-state index contributed by atoms with van der Waals surface area (Å²) in [5, 5.41) is 3.72. The van der Waals surface area contributed by atoms with Crippen molar-refractivity contribution in [1.82, 2.24) is 5.32 Å². The van der Waals surface area contributed by atoms with Crippen LogP contribution in [0.2, 0.25) is 10.0 Å². The van der Waals surface area contributed by atoms with Gasteiger partial charge in [-0.25, -0.2) is 4.79 Å². The Balaban J connectivity index is 1.98. The van der Waals surface area contributed by atoms with Crippen LogP contribution in [0.1, 0.15) is 41.6 Å². The molecule has 5 nitrogen and oxygen atoms in total. The molecule has 0 fully saturated rings. The van der Waals surface area contributed by atoms with Crippen LogP contribution in [0.15, 0.2) is 34.9 Å². The summed E-state index contributed by atoms with van der Waals surface area (Å²) in [4.78, 5) is 24.2. The lowest BCUT2D eigenvalue weighted by Gasteiger charge is -2.19. The van der Waals surface area contributed by atoms with E-state index in [4.69, 9.17) is 32.4 Å². The number of aryl methyl sites for hydroxylation is 1. The van der Waals surface area contributed by atoms with Crippen LogP contribution in [0.4, 0.5) is 0 Å². The van der Waals surface area contributed by atoms with Gasteiger partial charge in [-0.15, -0.1) is 0 Å². The Labute approximate surface area is 149 Å². The quantitative estimate of drug-likeness (QED) is 0.796. The second-order valence-electron chi connectivity index (χ2n) is 5.33. The maximum Gasteiger partial charge on any atom is 0.342 e. The summed E-state index contributed by atoms with van der Waals surface area (Å²) in [6.07, 6.45) is 0.432. The van der Waals surface area contributed by atoms with Gasteiger partial charge in [0, 0.05) is 10.0 Å². The smallest absolute Gasteiger partial charge is 0.342 e. The number of furan rings is 1. The fourth-order valence-electron chi connectivity index (χ4n) is 2.14. The zero-order valence-corrected chi connectivity index (χ0v) is 14.9. The van der Waals surface area contributed by atoms with E-state index >= 15 is 0 Å². The van der Waals surface area contributed by atoms with Crippen LogP contribution in [-0.2, 0) is 9.53 Å². The molecule has 1 heterocycles. The van der Waals surface area contributed by atoms with Crippen LogP contribution in [0.3, 0.4) is 0 Å². The van der Waals surface area contributed by atoms with Gasteiger partial charge in [0.1, 0.15) is 11.3 Å². The topological polar surface area (TPSA) is 68.5 Å². The minimum atomic E-state index is -0.958. The van der Waals surface area contributed by atoms with Gasteiger partial charge in [-0.2, -0.15) is 0 Å². The Hall–Kier alpha value is -1.98. The second kappa shape index (κ2) is 7.73. The van der Waals surface area contributed by atoms with E-state index in [0.717, 1.165) is 5.56 Å². The van der Waals surface area contributed by atoms with Crippen molar-refractivity contribution in [2.45, 2.75) is 32.9 Å². The predicted molar refractivity (Wildman–Crippen MR) is 91.3 cm³/mol. The van der Waals surface area contributed by atoms with E-state index in [1.807, 2.05) is 0 Å². The lowest BCUT2D eigenvalue weighted by molar-refractivity contribution is -0.129. The molecule has 0 bridgehead atoms. The number of hydrogen-bond acceptors (Lipinski definition) is 4. The van der Waals surface area contributed by atoms with E-state index in [2.05, 4.69) is 5.32 Å². The number of amides is 1. The summed E-state index contributed by atoms with van der Waals surface area (Å²) in [6.45, 7) is 4.92. The summed E-state index contributed by atoms with van der Waals surface area (Å²) < 4.78 is 10.2. The highest BCUT2D eigenvalue weighted by atomic mass is 35.5. The minimum absolute atomic E-state index is 0.295. The van der Waals surface area contributed by atoms with Crippen LogP contribution in [-0.4, -0.2) is 18.0 Å². The first-order valence-electron chi connectivity index (χ1n) is 7.30. The number of carbonyl (C=O) groups is 2. The lowest BCUT2D eigenvalue weighted by Crippen LogP contribution is -2.37. The Kier molecular flexibility index (Phi) is 5.91. The Morgan fingerprint density at radius 2 is 1.92 bits per heavy atom. The molecule has 0 aliphatic rings. The number of esters is 1. The number of hydrogen-bond donors (Lipinski definition) is 1. The number of benzene rings is 1. The summed E-state index contributed by atoms with van der Waals surface area (Å²) in [5.41, 5.74) is 1.02. The highest BCUT2D eigenvalue weighted by Crippen LogP contribution is 2.26. The van der Waals surface area contributed by atoms with Gasteiger partial charge in [-0.05, 0) is 44.5 Å². The molecule has 1 aromatic heterocycles. The summed E-state index contributed by atoms with van der Waals surface area (Å²) in [6, 6.07) is 6.17. The minimum Gasteiger partial charge on any atom is -0.469 e. The van der Waals surface area contributed by atoms with Crippen LogP contribution in [0.5, 0.6) is 0 Å². The molecule has 0 aliphatic carbocycles. The van der Waals surface area contributed by atoms with Crippen LogP contribution >= 0.6 is 23.2 Å². The largest absolute Gasteiger partial charge is 0.469 e. The molecule has 1 aromatic carbocycles. The lowest BCUT2D eigenvalue weighted by atomic mass is 10.1. The van der Waals surface area contributed by atoms with Crippen molar-refractivity contribution in [3.05, 3.63) is 57.5 Å². The number of nitrogens with one attached hydrogen (secondary N) is 1. The van der Waals surface area contributed by atoms with Crippen molar-refractivity contribution in [3.8, 4) is 0 Å². The third kappa shape index (κ3) is 4.30. The van der Waals surface area contributed by atoms with E-state index in [9.17, 15) is 9.59 Å². The molecule has 7 heteroatoms. The Bertz CT molecular complexity index is 757. The second-order valence-corrected chi connectivity index (χ2v) is 6.18. The molecule has 24 heavy (non-hydrogen) atoms. The molecule has 0 spiro atoms. The van der Waals surface area contributed by atoms with E-state index in [0.29, 0.717) is 21.4 Å².